The molecule has 2 rings (SSSR count). The summed E-state index contributed by atoms with van der Waals surface area (Å²) in [5, 5.41) is 5.30. The van der Waals surface area contributed by atoms with Crippen molar-refractivity contribution >= 4 is 23.2 Å². The number of amides is 2. The molecule has 2 amide bonds. The highest BCUT2D eigenvalue weighted by Gasteiger charge is 2.10. The van der Waals surface area contributed by atoms with E-state index < -0.39 is 11.7 Å². The summed E-state index contributed by atoms with van der Waals surface area (Å²) in [6.45, 7) is 2.32. The summed E-state index contributed by atoms with van der Waals surface area (Å²) in [4.78, 5) is 23.8. The monoisotopic (exact) mass is 360 g/mol. The molecule has 0 bridgehead atoms. The number of methoxy groups -OCH3 is 1. The van der Waals surface area contributed by atoms with Gasteiger partial charge in [-0.3, -0.25) is 9.59 Å². The van der Waals surface area contributed by atoms with Crippen molar-refractivity contribution in [1.29, 1.82) is 0 Å². The Morgan fingerprint density at radius 1 is 1.04 bits per heavy atom. The van der Waals surface area contributed by atoms with Crippen LogP contribution in [0, 0.1) is 5.82 Å². The summed E-state index contributed by atoms with van der Waals surface area (Å²) in [7, 11) is 1.53. The molecule has 6 nitrogen and oxygen atoms in total. The van der Waals surface area contributed by atoms with Gasteiger partial charge < -0.3 is 20.1 Å². The van der Waals surface area contributed by atoms with Crippen LogP contribution in [-0.4, -0.2) is 32.1 Å². The van der Waals surface area contributed by atoms with E-state index in [2.05, 4.69) is 10.6 Å². The topological polar surface area (TPSA) is 76.7 Å². The Morgan fingerprint density at radius 3 is 2.50 bits per heavy atom. The van der Waals surface area contributed by atoms with Crippen molar-refractivity contribution in [2.45, 2.75) is 13.3 Å². The molecule has 0 aromatic heterocycles. The summed E-state index contributed by atoms with van der Waals surface area (Å²) < 4.78 is 24.1. The second-order valence-electron chi connectivity index (χ2n) is 5.42. The number of hydrogen-bond acceptors (Lipinski definition) is 4. The van der Waals surface area contributed by atoms with Gasteiger partial charge in [0.1, 0.15) is 6.61 Å². The highest BCUT2D eigenvalue weighted by molar-refractivity contribution is 6.05. The molecule has 0 unspecified atom stereocenters. The van der Waals surface area contributed by atoms with E-state index >= 15 is 0 Å². The van der Waals surface area contributed by atoms with Crippen LogP contribution < -0.4 is 15.4 Å². The van der Waals surface area contributed by atoms with Gasteiger partial charge in [0.05, 0.1) is 6.61 Å². The van der Waals surface area contributed by atoms with E-state index in [0.717, 1.165) is 0 Å². The van der Waals surface area contributed by atoms with Crippen LogP contribution in [0.2, 0.25) is 0 Å². The molecule has 2 N–H and O–H groups in total. The van der Waals surface area contributed by atoms with Crippen LogP contribution in [0.5, 0.6) is 5.75 Å². The first-order chi connectivity index (χ1) is 12.5. The number of rotatable bonds is 8. The quantitative estimate of drug-likeness (QED) is 0.707. The van der Waals surface area contributed by atoms with Gasteiger partial charge in [0.2, 0.25) is 5.91 Å². The van der Waals surface area contributed by atoms with E-state index in [4.69, 9.17) is 9.47 Å². The van der Waals surface area contributed by atoms with Gasteiger partial charge in [-0.1, -0.05) is 13.0 Å². The average molecular weight is 360 g/mol. The van der Waals surface area contributed by atoms with Crippen molar-refractivity contribution in [3.63, 3.8) is 0 Å². The van der Waals surface area contributed by atoms with E-state index in [1.54, 1.807) is 37.3 Å². The van der Waals surface area contributed by atoms with E-state index in [-0.39, 0.29) is 18.3 Å². The van der Waals surface area contributed by atoms with Gasteiger partial charge in [0, 0.05) is 36.5 Å². The van der Waals surface area contributed by atoms with Crippen LogP contribution in [-0.2, 0) is 9.53 Å². The predicted octanol–water partition coefficient (Wildman–Crippen LogP) is 3.45. The lowest BCUT2D eigenvalue weighted by Gasteiger charge is -2.10. The number of ether oxygens (including phenoxy) is 2. The Labute approximate surface area is 151 Å². The minimum atomic E-state index is -0.581. The van der Waals surface area contributed by atoms with Crippen LogP contribution in [0.25, 0.3) is 0 Å². The fourth-order valence-corrected chi connectivity index (χ4v) is 2.12. The third-order valence-electron chi connectivity index (χ3n) is 3.46. The van der Waals surface area contributed by atoms with Gasteiger partial charge >= 0.3 is 0 Å². The highest BCUT2D eigenvalue weighted by atomic mass is 19.1. The fraction of sp³-hybridized carbons (Fsp3) is 0.263. The number of carbonyl (C=O) groups excluding carboxylic acids is 2. The fourth-order valence-electron chi connectivity index (χ4n) is 2.12. The largest absolute Gasteiger partial charge is 0.488 e. The van der Waals surface area contributed by atoms with Crippen molar-refractivity contribution in [2.75, 3.05) is 31.0 Å². The van der Waals surface area contributed by atoms with Crippen LogP contribution in [0.3, 0.4) is 0 Å². The molecule has 0 spiro atoms. The molecule has 0 heterocycles. The smallest absolute Gasteiger partial charge is 0.255 e. The Hall–Kier alpha value is -2.93. The lowest BCUT2D eigenvalue weighted by Crippen LogP contribution is -2.14. The average Bonchev–Trinajstić information content (AvgIpc) is 2.63. The molecule has 0 saturated heterocycles. The summed E-state index contributed by atoms with van der Waals surface area (Å²) in [5.41, 5.74) is 1.17. The first-order valence-corrected chi connectivity index (χ1v) is 8.16. The van der Waals surface area contributed by atoms with Gasteiger partial charge in [-0.05, 0) is 30.3 Å². The summed E-state index contributed by atoms with van der Waals surface area (Å²) in [6, 6.07) is 10.7. The van der Waals surface area contributed by atoms with Gasteiger partial charge in [0.15, 0.2) is 11.6 Å². The molecule has 138 valence electrons. The maximum Gasteiger partial charge on any atom is 0.255 e. The van der Waals surface area contributed by atoms with Crippen LogP contribution >= 0.6 is 0 Å². The van der Waals surface area contributed by atoms with E-state index in [0.29, 0.717) is 30.0 Å². The van der Waals surface area contributed by atoms with Crippen molar-refractivity contribution in [2.24, 2.45) is 0 Å². The number of anilines is 2. The molecule has 0 aliphatic carbocycles. The second-order valence-corrected chi connectivity index (χ2v) is 5.42. The zero-order chi connectivity index (χ0) is 18.9. The number of benzene rings is 2. The standard InChI is InChI=1S/C19H21FN2O4/c1-3-18(23)21-14-6-4-5-13(11-14)19(24)22-15-7-8-17(16(20)12-15)26-10-9-25-2/h4-8,11-12H,3,9-10H2,1-2H3,(H,21,23)(H,22,24). The Kier molecular flexibility index (Phi) is 7.11. The summed E-state index contributed by atoms with van der Waals surface area (Å²) >= 11 is 0. The number of hydrogen-bond donors (Lipinski definition) is 2. The zero-order valence-electron chi connectivity index (χ0n) is 14.7. The van der Waals surface area contributed by atoms with Crippen molar-refractivity contribution in [3.05, 3.63) is 53.8 Å². The molecule has 7 heteroatoms. The molecule has 0 fully saturated rings. The Morgan fingerprint density at radius 2 is 1.81 bits per heavy atom. The number of nitrogens with one attached hydrogen (secondary N) is 2. The maximum atomic E-state index is 14.0. The Balaban J connectivity index is 2.04. The highest BCUT2D eigenvalue weighted by Crippen LogP contribution is 2.22. The van der Waals surface area contributed by atoms with Gasteiger partial charge in [-0.15, -0.1) is 0 Å². The van der Waals surface area contributed by atoms with Crippen molar-refractivity contribution in [1.82, 2.24) is 0 Å². The van der Waals surface area contributed by atoms with Crippen LogP contribution in [0.15, 0.2) is 42.5 Å². The molecule has 0 radical (unpaired) electrons. The van der Waals surface area contributed by atoms with Crippen molar-refractivity contribution < 1.29 is 23.5 Å². The first kappa shape index (κ1) is 19.4. The van der Waals surface area contributed by atoms with Crippen LogP contribution in [0.4, 0.5) is 15.8 Å². The first-order valence-electron chi connectivity index (χ1n) is 8.16. The lowest BCUT2D eigenvalue weighted by atomic mass is 10.1. The maximum absolute atomic E-state index is 14.0. The van der Waals surface area contributed by atoms with Crippen LogP contribution in [0.1, 0.15) is 23.7 Å². The lowest BCUT2D eigenvalue weighted by molar-refractivity contribution is -0.115. The van der Waals surface area contributed by atoms with E-state index in [1.807, 2.05) is 0 Å². The molecule has 0 aliphatic rings. The molecule has 2 aromatic carbocycles. The third-order valence-corrected chi connectivity index (χ3v) is 3.46. The third kappa shape index (κ3) is 5.56. The Bertz CT molecular complexity index is 780. The molecular weight excluding hydrogens is 339 g/mol. The SMILES string of the molecule is CCC(=O)Nc1cccc(C(=O)Nc2ccc(OCCOC)c(F)c2)c1. The van der Waals surface area contributed by atoms with Gasteiger partial charge in [0.25, 0.3) is 5.91 Å². The zero-order valence-corrected chi connectivity index (χ0v) is 14.7. The molecule has 0 saturated carbocycles. The molecule has 0 aliphatic heterocycles. The molecular formula is C19H21FN2O4. The minimum Gasteiger partial charge on any atom is -0.488 e. The molecule has 2 aromatic rings. The van der Waals surface area contributed by atoms with E-state index in [9.17, 15) is 14.0 Å². The minimum absolute atomic E-state index is 0.0873. The number of carbonyl (C=O) groups is 2. The van der Waals surface area contributed by atoms with Gasteiger partial charge in [-0.25, -0.2) is 4.39 Å². The van der Waals surface area contributed by atoms with E-state index in [1.165, 1.54) is 19.2 Å². The number of halogens is 1. The van der Waals surface area contributed by atoms with Crippen molar-refractivity contribution in [3.8, 4) is 5.75 Å². The molecule has 0 atom stereocenters. The molecule has 26 heavy (non-hydrogen) atoms. The predicted molar refractivity (Wildman–Crippen MR) is 97.1 cm³/mol. The second kappa shape index (κ2) is 9.53. The summed E-state index contributed by atoms with van der Waals surface area (Å²) in [5.74, 6) is -1.05. The normalized spacial score (nSPS) is 10.3. The summed E-state index contributed by atoms with van der Waals surface area (Å²) in [6.07, 6.45) is 0.342. The van der Waals surface area contributed by atoms with Gasteiger partial charge in [-0.2, -0.15) is 0 Å².